The zero-order valence-corrected chi connectivity index (χ0v) is 9.91. The van der Waals surface area contributed by atoms with Gasteiger partial charge in [0.25, 0.3) is 0 Å². The fourth-order valence-electron chi connectivity index (χ4n) is 2.05. The molecule has 1 aromatic rings. The smallest absolute Gasteiger partial charge is 0.140 e. The monoisotopic (exact) mass is 220 g/mol. The minimum Gasteiger partial charge on any atom is -0.489 e. The summed E-state index contributed by atoms with van der Waals surface area (Å²) in [5.41, 5.74) is 1.05. The molecule has 1 heterocycles. The molecule has 16 heavy (non-hydrogen) atoms. The minimum absolute atomic E-state index is 0.406. The molecular formula is C13H20N2O. The van der Waals surface area contributed by atoms with Gasteiger partial charge in [0.15, 0.2) is 0 Å². The van der Waals surface area contributed by atoms with Gasteiger partial charge in [-0.15, -0.1) is 0 Å². The van der Waals surface area contributed by atoms with Crippen LogP contribution in [0.4, 0.5) is 5.69 Å². The Morgan fingerprint density at radius 1 is 1.38 bits per heavy atom. The number of hydrogen-bond donors (Lipinski definition) is 1. The molecule has 1 aliphatic rings. The van der Waals surface area contributed by atoms with Gasteiger partial charge in [-0.3, -0.25) is 4.98 Å². The van der Waals surface area contributed by atoms with Crippen LogP contribution in [-0.4, -0.2) is 17.6 Å². The molecule has 0 spiro atoms. The summed E-state index contributed by atoms with van der Waals surface area (Å²) in [5.74, 6) is 0.896. The summed E-state index contributed by atoms with van der Waals surface area (Å²) in [6.45, 7) is 3.13. The van der Waals surface area contributed by atoms with E-state index < -0.39 is 0 Å². The van der Waals surface area contributed by atoms with Crippen LogP contribution < -0.4 is 10.1 Å². The maximum Gasteiger partial charge on any atom is 0.140 e. The molecule has 0 radical (unpaired) electrons. The molecule has 0 atom stereocenters. The van der Waals surface area contributed by atoms with E-state index in [1.54, 1.807) is 6.20 Å². The van der Waals surface area contributed by atoms with Crippen molar-refractivity contribution in [2.45, 2.75) is 45.1 Å². The van der Waals surface area contributed by atoms with Crippen LogP contribution >= 0.6 is 0 Å². The summed E-state index contributed by atoms with van der Waals surface area (Å²) in [7, 11) is 0. The van der Waals surface area contributed by atoms with Gasteiger partial charge in [0.05, 0.1) is 24.2 Å². The first-order valence-electron chi connectivity index (χ1n) is 6.24. The van der Waals surface area contributed by atoms with Gasteiger partial charge in [-0.2, -0.15) is 0 Å². The van der Waals surface area contributed by atoms with Crippen LogP contribution in [0.15, 0.2) is 18.5 Å². The zero-order valence-electron chi connectivity index (χ0n) is 9.91. The first-order valence-corrected chi connectivity index (χ1v) is 6.24. The van der Waals surface area contributed by atoms with Gasteiger partial charge in [0.1, 0.15) is 5.75 Å². The number of nitrogens with zero attached hydrogens (tertiary/aromatic N) is 1. The molecule has 1 aromatic heterocycles. The molecule has 1 fully saturated rings. The number of nitrogens with one attached hydrogen (secondary N) is 1. The van der Waals surface area contributed by atoms with Gasteiger partial charge in [-0.25, -0.2) is 0 Å². The van der Waals surface area contributed by atoms with Crippen molar-refractivity contribution in [2.24, 2.45) is 0 Å². The van der Waals surface area contributed by atoms with Crippen LogP contribution in [0.1, 0.15) is 39.0 Å². The Morgan fingerprint density at radius 3 is 2.94 bits per heavy atom. The Labute approximate surface area is 97.2 Å². The highest BCUT2D eigenvalue weighted by Gasteiger charge is 2.16. The van der Waals surface area contributed by atoms with E-state index in [0.29, 0.717) is 6.10 Å². The third-order valence-electron chi connectivity index (χ3n) is 2.90. The highest BCUT2D eigenvalue weighted by Crippen LogP contribution is 2.24. The van der Waals surface area contributed by atoms with E-state index >= 15 is 0 Å². The normalized spacial score (nSPS) is 16.3. The highest BCUT2D eigenvalue weighted by atomic mass is 16.5. The summed E-state index contributed by atoms with van der Waals surface area (Å²) in [6.07, 6.45) is 10.1. The SMILES string of the molecule is CCCNc1cncc(OC2CCCC2)c1. The molecule has 0 saturated heterocycles. The average Bonchev–Trinajstić information content (AvgIpc) is 2.80. The average molecular weight is 220 g/mol. The van der Waals surface area contributed by atoms with Crippen molar-refractivity contribution in [1.29, 1.82) is 0 Å². The van der Waals surface area contributed by atoms with E-state index in [0.717, 1.165) is 24.4 Å². The fraction of sp³-hybridized carbons (Fsp3) is 0.615. The third-order valence-corrected chi connectivity index (χ3v) is 2.90. The summed E-state index contributed by atoms with van der Waals surface area (Å²) >= 11 is 0. The lowest BCUT2D eigenvalue weighted by Crippen LogP contribution is -2.11. The van der Waals surface area contributed by atoms with Crippen molar-refractivity contribution in [3.63, 3.8) is 0 Å². The second kappa shape index (κ2) is 5.73. The van der Waals surface area contributed by atoms with Gasteiger partial charge >= 0.3 is 0 Å². The van der Waals surface area contributed by atoms with Crippen LogP contribution in [0.3, 0.4) is 0 Å². The second-order valence-corrected chi connectivity index (χ2v) is 4.36. The van der Waals surface area contributed by atoms with E-state index in [1.807, 2.05) is 12.3 Å². The highest BCUT2D eigenvalue weighted by molar-refractivity contribution is 5.45. The maximum atomic E-state index is 5.89. The molecule has 88 valence electrons. The predicted octanol–water partition coefficient (Wildman–Crippen LogP) is 3.22. The Kier molecular flexibility index (Phi) is 4.03. The summed E-state index contributed by atoms with van der Waals surface area (Å²) in [4.78, 5) is 4.19. The quantitative estimate of drug-likeness (QED) is 0.827. The van der Waals surface area contributed by atoms with E-state index in [9.17, 15) is 0 Å². The summed E-state index contributed by atoms with van der Waals surface area (Å²) < 4.78 is 5.89. The Bertz CT molecular complexity index is 321. The number of hydrogen-bond acceptors (Lipinski definition) is 3. The molecule has 3 heteroatoms. The molecule has 0 unspecified atom stereocenters. The predicted molar refractivity (Wildman–Crippen MR) is 65.9 cm³/mol. The minimum atomic E-state index is 0.406. The van der Waals surface area contributed by atoms with Crippen LogP contribution in [0.2, 0.25) is 0 Å². The van der Waals surface area contributed by atoms with Crippen molar-refractivity contribution in [3.05, 3.63) is 18.5 Å². The molecule has 0 bridgehead atoms. The molecule has 1 N–H and O–H groups in total. The van der Waals surface area contributed by atoms with Crippen LogP contribution in [0.5, 0.6) is 5.75 Å². The molecule has 0 aliphatic heterocycles. The van der Waals surface area contributed by atoms with E-state index in [1.165, 1.54) is 25.7 Å². The second-order valence-electron chi connectivity index (χ2n) is 4.36. The topological polar surface area (TPSA) is 34.2 Å². The number of ether oxygens (including phenoxy) is 1. The summed E-state index contributed by atoms with van der Waals surface area (Å²) in [6, 6.07) is 2.04. The maximum absolute atomic E-state index is 5.89. The van der Waals surface area contributed by atoms with Crippen LogP contribution in [0.25, 0.3) is 0 Å². The number of rotatable bonds is 5. The molecule has 2 rings (SSSR count). The first kappa shape index (κ1) is 11.2. The molecule has 0 amide bonds. The number of aromatic nitrogens is 1. The van der Waals surface area contributed by atoms with Crippen LogP contribution in [-0.2, 0) is 0 Å². The van der Waals surface area contributed by atoms with E-state index in [4.69, 9.17) is 4.74 Å². The van der Waals surface area contributed by atoms with Gasteiger partial charge in [0.2, 0.25) is 0 Å². The van der Waals surface area contributed by atoms with Crippen molar-refractivity contribution < 1.29 is 4.74 Å². The molecule has 1 aliphatic carbocycles. The van der Waals surface area contributed by atoms with E-state index in [2.05, 4.69) is 17.2 Å². The molecular weight excluding hydrogens is 200 g/mol. The lowest BCUT2D eigenvalue weighted by molar-refractivity contribution is 0.209. The van der Waals surface area contributed by atoms with Gasteiger partial charge in [-0.1, -0.05) is 6.92 Å². The molecule has 0 aromatic carbocycles. The number of anilines is 1. The molecule has 1 saturated carbocycles. The van der Waals surface area contributed by atoms with Gasteiger partial charge in [0, 0.05) is 12.6 Å². The van der Waals surface area contributed by atoms with Crippen molar-refractivity contribution in [3.8, 4) is 5.75 Å². The first-order chi connectivity index (χ1) is 7.88. The fourth-order valence-corrected chi connectivity index (χ4v) is 2.05. The van der Waals surface area contributed by atoms with Gasteiger partial charge < -0.3 is 10.1 Å². The molecule has 3 nitrogen and oxygen atoms in total. The lowest BCUT2D eigenvalue weighted by Gasteiger charge is -2.13. The Morgan fingerprint density at radius 2 is 2.19 bits per heavy atom. The van der Waals surface area contributed by atoms with Crippen molar-refractivity contribution in [1.82, 2.24) is 4.98 Å². The van der Waals surface area contributed by atoms with Crippen molar-refractivity contribution >= 4 is 5.69 Å². The number of pyridine rings is 1. The Hall–Kier alpha value is -1.25. The largest absolute Gasteiger partial charge is 0.489 e. The van der Waals surface area contributed by atoms with E-state index in [-0.39, 0.29) is 0 Å². The standard InChI is InChI=1S/C13H20N2O/c1-2-7-15-11-8-13(10-14-9-11)16-12-5-3-4-6-12/h8-10,12,15H,2-7H2,1H3. The third kappa shape index (κ3) is 3.12. The van der Waals surface area contributed by atoms with Gasteiger partial charge in [-0.05, 0) is 32.1 Å². The van der Waals surface area contributed by atoms with Crippen molar-refractivity contribution in [2.75, 3.05) is 11.9 Å². The Balaban J connectivity index is 1.92. The zero-order chi connectivity index (χ0) is 11.2. The van der Waals surface area contributed by atoms with Crippen LogP contribution in [0, 0.1) is 0 Å². The summed E-state index contributed by atoms with van der Waals surface area (Å²) in [5, 5.41) is 3.32. The lowest BCUT2D eigenvalue weighted by atomic mass is 10.3.